The predicted octanol–water partition coefficient (Wildman–Crippen LogP) is 2.38. The van der Waals surface area contributed by atoms with Crippen LogP contribution in [0.5, 0.6) is 6.01 Å². The third-order valence-electron chi connectivity index (χ3n) is 1.97. The molecule has 1 heterocycles. The Morgan fingerprint density at radius 3 is 2.50 bits per heavy atom. The molecule has 16 heavy (non-hydrogen) atoms. The van der Waals surface area contributed by atoms with Gasteiger partial charge in [-0.1, -0.05) is 6.92 Å². The SMILES string of the molecule is C[C@H](COc1ncc(Br)cn1)CC(C)(C)N. The van der Waals surface area contributed by atoms with E-state index in [1.54, 1.807) is 12.4 Å². The molecule has 0 spiro atoms. The fraction of sp³-hybridized carbons (Fsp3) is 0.636. The fourth-order valence-corrected chi connectivity index (χ4v) is 1.75. The summed E-state index contributed by atoms with van der Waals surface area (Å²) in [5.74, 6) is 0.382. The van der Waals surface area contributed by atoms with Crippen LogP contribution < -0.4 is 10.5 Å². The van der Waals surface area contributed by atoms with Crippen molar-refractivity contribution in [1.82, 2.24) is 9.97 Å². The number of halogens is 1. The minimum Gasteiger partial charge on any atom is -0.463 e. The van der Waals surface area contributed by atoms with Gasteiger partial charge in [0.05, 0.1) is 11.1 Å². The summed E-state index contributed by atoms with van der Waals surface area (Å²) in [6.07, 6.45) is 4.24. The Balaban J connectivity index is 2.37. The molecule has 5 heteroatoms. The van der Waals surface area contributed by atoms with Crippen molar-refractivity contribution in [3.05, 3.63) is 16.9 Å². The topological polar surface area (TPSA) is 61.0 Å². The highest BCUT2D eigenvalue weighted by Gasteiger charge is 2.16. The monoisotopic (exact) mass is 287 g/mol. The van der Waals surface area contributed by atoms with E-state index in [-0.39, 0.29) is 5.54 Å². The van der Waals surface area contributed by atoms with Crippen molar-refractivity contribution in [2.75, 3.05) is 6.61 Å². The van der Waals surface area contributed by atoms with Crippen LogP contribution in [0.3, 0.4) is 0 Å². The van der Waals surface area contributed by atoms with E-state index in [0.717, 1.165) is 10.9 Å². The van der Waals surface area contributed by atoms with E-state index in [2.05, 4.69) is 32.8 Å². The highest BCUT2D eigenvalue weighted by molar-refractivity contribution is 9.10. The number of nitrogens with two attached hydrogens (primary N) is 1. The van der Waals surface area contributed by atoms with Gasteiger partial charge < -0.3 is 10.5 Å². The van der Waals surface area contributed by atoms with Crippen LogP contribution in [0.2, 0.25) is 0 Å². The summed E-state index contributed by atoms with van der Waals surface area (Å²) in [6.45, 7) is 6.72. The van der Waals surface area contributed by atoms with Crippen molar-refractivity contribution < 1.29 is 4.74 Å². The summed E-state index contributed by atoms with van der Waals surface area (Å²) in [5, 5.41) is 0. The average Bonchev–Trinajstić information content (AvgIpc) is 2.14. The molecule has 0 aromatic carbocycles. The molecular weight excluding hydrogens is 270 g/mol. The second-order valence-electron chi connectivity index (χ2n) is 4.79. The number of hydrogen-bond donors (Lipinski definition) is 1. The van der Waals surface area contributed by atoms with Gasteiger partial charge in [0, 0.05) is 17.9 Å². The maximum absolute atomic E-state index is 5.93. The molecule has 0 unspecified atom stereocenters. The Bertz CT molecular complexity index is 321. The minimum absolute atomic E-state index is 0.163. The van der Waals surface area contributed by atoms with Gasteiger partial charge in [-0.05, 0) is 42.1 Å². The first-order chi connectivity index (χ1) is 7.37. The summed E-state index contributed by atoms with van der Waals surface area (Å²) in [4.78, 5) is 8.07. The molecule has 1 atom stereocenters. The van der Waals surface area contributed by atoms with E-state index in [0.29, 0.717) is 18.5 Å². The zero-order chi connectivity index (χ0) is 12.2. The maximum Gasteiger partial charge on any atom is 0.316 e. The molecule has 90 valence electrons. The van der Waals surface area contributed by atoms with Crippen molar-refractivity contribution in [3.63, 3.8) is 0 Å². The van der Waals surface area contributed by atoms with Gasteiger partial charge in [0.15, 0.2) is 0 Å². The zero-order valence-corrected chi connectivity index (χ0v) is 11.5. The molecule has 1 rings (SSSR count). The van der Waals surface area contributed by atoms with E-state index >= 15 is 0 Å². The summed E-state index contributed by atoms with van der Waals surface area (Å²) in [7, 11) is 0. The Hall–Kier alpha value is -0.680. The number of hydrogen-bond acceptors (Lipinski definition) is 4. The molecule has 0 aliphatic heterocycles. The highest BCUT2D eigenvalue weighted by atomic mass is 79.9. The van der Waals surface area contributed by atoms with Gasteiger partial charge >= 0.3 is 6.01 Å². The van der Waals surface area contributed by atoms with Crippen molar-refractivity contribution in [2.45, 2.75) is 32.7 Å². The number of nitrogens with zero attached hydrogens (tertiary/aromatic N) is 2. The Morgan fingerprint density at radius 2 is 2.00 bits per heavy atom. The van der Waals surface area contributed by atoms with Gasteiger partial charge in [0.25, 0.3) is 0 Å². The smallest absolute Gasteiger partial charge is 0.316 e. The molecule has 1 aromatic heterocycles. The van der Waals surface area contributed by atoms with Crippen molar-refractivity contribution in [3.8, 4) is 6.01 Å². The molecule has 0 fully saturated rings. The first-order valence-corrected chi connectivity index (χ1v) is 6.05. The van der Waals surface area contributed by atoms with Crippen LogP contribution in [0.15, 0.2) is 16.9 Å². The number of aromatic nitrogens is 2. The predicted molar refractivity (Wildman–Crippen MR) is 67.3 cm³/mol. The van der Waals surface area contributed by atoms with Crippen LogP contribution in [-0.4, -0.2) is 22.1 Å². The van der Waals surface area contributed by atoms with E-state index in [9.17, 15) is 0 Å². The summed E-state index contributed by atoms with van der Waals surface area (Å²) < 4.78 is 6.31. The molecular formula is C11H18BrN3O. The highest BCUT2D eigenvalue weighted by Crippen LogP contribution is 2.15. The number of ether oxygens (including phenoxy) is 1. The third-order valence-corrected chi connectivity index (χ3v) is 2.38. The van der Waals surface area contributed by atoms with Gasteiger partial charge in [0.1, 0.15) is 0 Å². The van der Waals surface area contributed by atoms with E-state index < -0.39 is 0 Å². The first-order valence-electron chi connectivity index (χ1n) is 5.26. The molecule has 4 nitrogen and oxygen atoms in total. The maximum atomic E-state index is 5.93. The molecule has 0 amide bonds. The fourth-order valence-electron chi connectivity index (χ4n) is 1.55. The lowest BCUT2D eigenvalue weighted by molar-refractivity contribution is 0.215. The molecule has 0 saturated heterocycles. The standard InChI is InChI=1S/C11H18BrN3O/c1-8(4-11(2,3)13)7-16-10-14-5-9(12)6-15-10/h5-6,8H,4,7,13H2,1-3H3/t8-/m0/s1. The van der Waals surface area contributed by atoms with E-state index in [1.165, 1.54) is 0 Å². The van der Waals surface area contributed by atoms with Crippen molar-refractivity contribution >= 4 is 15.9 Å². The molecule has 1 aromatic rings. The van der Waals surface area contributed by atoms with Gasteiger partial charge in [-0.3, -0.25) is 0 Å². The van der Waals surface area contributed by atoms with Crippen molar-refractivity contribution in [1.29, 1.82) is 0 Å². The lowest BCUT2D eigenvalue weighted by Crippen LogP contribution is -2.35. The second-order valence-corrected chi connectivity index (χ2v) is 5.71. The third kappa shape index (κ3) is 5.42. The summed E-state index contributed by atoms with van der Waals surface area (Å²) in [6, 6.07) is 0.407. The molecule has 2 N–H and O–H groups in total. The first kappa shape index (κ1) is 13.4. The summed E-state index contributed by atoms with van der Waals surface area (Å²) >= 11 is 3.27. The van der Waals surface area contributed by atoms with Gasteiger partial charge in [0.2, 0.25) is 0 Å². The van der Waals surface area contributed by atoms with Crippen LogP contribution in [0, 0.1) is 5.92 Å². The molecule has 0 aliphatic carbocycles. The molecule has 0 radical (unpaired) electrons. The van der Waals surface area contributed by atoms with Crippen LogP contribution in [0.4, 0.5) is 0 Å². The largest absolute Gasteiger partial charge is 0.463 e. The van der Waals surface area contributed by atoms with Crippen LogP contribution >= 0.6 is 15.9 Å². The van der Waals surface area contributed by atoms with Crippen LogP contribution in [0.1, 0.15) is 27.2 Å². The van der Waals surface area contributed by atoms with Gasteiger partial charge in [-0.2, -0.15) is 0 Å². The Kier molecular flexibility index (Phi) is 4.68. The molecule has 0 saturated carbocycles. The zero-order valence-electron chi connectivity index (χ0n) is 9.90. The Morgan fingerprint density at radius 1 is 1.44 bits per heavy atom. The molecule has 0 aliphatic rings. The lowest BCUT2D eigenvalue weighted by Gasteiger charge is -2.22. The normalized spacial score (nSPS) is 13.6. The van der Waals surface area contributed by atoms with Crippen molar-refractivity contribution in [2.24, 2.45) is 11.7 Å². The summed E-state index contributed by atoms with van der Waals surface area (Å²) in [5.41, 5.74) is 5.77. The van der Waals surface area contributed by atoms with Gasteiger partial charge in [-0.25, -0.2) is 9.97 Å². The van der Waals surface area contributed by atoms with Crippen LogP contribution in [-0.2, 0) is 0 Å². The second kappa shape index (κ2) is 5.59. The van der Waals surface area contributed by atoms with Crippen LogP contribution in [0.25, 0.3) is 0 Å². The van der Waals surface area contributed by atoms with E-state index in [1.807, 2.05) is 13.8 Å². The quantitative estimate of drug-likeness (QED) is 0.903. The van der Waals surface area contributed by atoms with Gasteiger partial charge in [-0.15, -0.1) is 0 Å². The minimum atomic E-state index is -0.163. The average molecular weight is 288 g/mol. The lowest BCUT2D eigenvalue weighted by atomic mass is 9.93. The number of rotatable bonds is 5. The molecule has 0 bridgehead atoms. The Labute approximate surface area is 105 Å². The van der Waals surface area contributed by atoms with E-state index in [4.69, 9.17) is 10.5 Å².